The van der Waals surface area contributed by atoms with Gasteiger partial charge in [0.1, 0.15) is 11.6 Å². The van der Waals surface area contributed by atoms with Gasteiger partial charge in [0.2, 0.25) is 0 Å². The first-order valence-corrected chi connectivity index (χ1v) is 6.08. The Kier molecular flexibility index (Phi) is 8.03. The summed E-state index contributed by atoms with van der Waals surface area (Å²) in [4.78, 5) is 44.3. The minimum atomic E-state index is -0.552. The first-order valence-electron chi connectivity index (χ1n) is 6.08. The number of Topliss-reactive ketones (excluding diaryl/α,β-unsaturated/α-hetero) is 4. The van der Waals surface area contributed by atoms with Crippen LogP contribution in [0.5, 0.6) is 0 Å². The fraction of sp³-hybridized carbons (Fsp3) is 0.692. The number of aliphatic hydroxyl groups excluding tert-OH is 1. The second-order valence-electron chi connectivity index (χ2n) is 4.44. The Morgan fingerprint density at radius 3 is 1.78 bits per heavy atom. The third-order valence-electron chi connectivity index (χ3n) is 2.55. The number of rotatable bonds is 10. The zero-order valence-electron chi connectivity index (χ0n) is 10.9. The van der Waals surface area contributed by atoms with E-state index < -0.39 is 17.7 Å². The highest BCUT2D eigenvalue weighted by Crippen LogP contribution is 2.05. The van der Waals surface area contributed by atoms with Crippen LogP contribution in [0.3, 0.4) is 0 Å². The molecule has 0 heterocycles. The van der Waals surface area contributed by atoms with Gasteiger partial charge in [-0.2, -0.15) is 0 Å². The van der Waals surface area contributed by atoms with Crippen LogP contribution in [0, 0.1) is 0 Å². The molecule has 0 amide bonds. The molecule has 0 aliphatic carbocycles. The van der Waals surface area contributed by atoms with Crippen molar-refractivity contribution >= 4 is 23.1 Å². The van der Waals surface area contributed by atoms with Gasteiger partial charge >= 0.3 is 0 Å². The summed E-state index contributed by atoms with van der Waals surface area (Å²) < 4.78 is 0. The van der Waals surface area contributed by atoms with Gasteiger partial charge in [-0.3, -0.25) is 19.2 Å². The summed E-state index contributed by atoms with van der Waals surface area (Å²) in [6, 6.07) is 0. The van der Waals surface area contributed by atoms with E-state index in [-0.39, 0.29) is 43.7 Å². The van der Waals surface area contributed by atoms with Crippen LogP contribution in [0.25, 0.3) is 0 Å². The molecule has 0 aromatic carbocycles. The van der Waals surface area contributed by atoms with E-state index in [9.17, 15) is 19.2 Å². The molecule has 5 heteroatoms. The minimum Gasteiger partial charge on any atom is -0.393 e. The lowest BCUT2D eigenvalue weighted by atomic mass is 10.0. The van der Waals surface area contributed by atoms with Crippen LogP contribution >= 0.6 is 0 Å². The summed E-state index contributed by atoms with van der Waals surface area (Å²) in [6.45, 7) is 2.78. The van der Waals surface area contributed by atoms with Crippen LogP contribution in [-0.4, -0.2) is 34.3 Å². The highest BCUT2D eigenvalue weighted by Gasteiger charge is 2.12. The van der Waals surface area contributed by atoms with Gasteiger partial charge < -0.3 is 5.11 Å². The van der Waals surface area contributed by atoms with Crippen molar-refractivity contribution in [3.63, 3.8) is 0 Å². The smallest absolute Gasteiger partial charge is 0.198 e. The van der Waals surface area contributed by atoms with Gasteiger partial charge in [0.15, 0.2) is 11.6 Å². The molecule has 1 unspecified atom stereocenters. The molecule has 0 saturated carbocycles. The number of aliphatic hydroxyl groups is 1. The molecule has 0 aliphatic heterocycles. The number of ketones is 4. The minimum absolute atomic E-state index is 0.0160. The number of hydrogen-bond donors (Lipinski definition) is 1. The molecule has 0 aromatic rings. The number of carbonyl (C=O) groups is 4. The summed E-state index contributed by atoms with van der Waals surface area (Å²) in [7, 11) is 0. The second-order valence-corrected chi connectivity index (χ2v) is 4.44. The molecule has 0 aromatic heterocycles. The molecule has 0 fully saturated rings. The predicted molar refractivity (Wildman–Crippen MR) is 65.1 cm³/mol. The fourth-order valence-electron chi connectivity index (χ4n) is 1.33. The Labute approximate surface area is 107 Å². The first kappa shape index (κ1) is 16.6. The summed E-state index contributed by atoms with van der Waals surface area (Å²) in [6.07, 6.45) is 0.326. The van der Waals surface area contributed by atoms with Crippen molar-refractivity contribution in [2.24, 2.45) is 0 Å². The summed E-state index contributed by atoms with van der Waals surface area (Å²) in [5.41, 5.74) is 0. The number of carbonyl (C=O) groups excluding carboxylic acids is 4. The lowest BCUT2D eigenvalue weighted by Crippen LogP contribution is -2.12. The van der Waals surface area contributed by atoms with Crippen molar-refractivity contribution in [3.8, 4) is 0 Å². The van der Waals surface area contributed by atoms with Crippen LogP contribution in [0.15, 0.2) is 0 Å². The molecule has 5 nitrogen and oxygen atoms in total. The Morgan fingerprint density at radius 1 is 0.889 bits per heavy atom. The maximum absolute atomic E-state index is 11.3. The third-order valence-corrected chi connectivity index (χ3v) is 2.55. The first-order chi connectivity index (χ1) is 8.32. The van der Waals surface area contributed by atoms with Gasteiger partial charge in [0.25, 0.3) is 0 Å². The van der Waals surface area contributed by atoms with Gasteiger partial charge in [-0.25, -0.2) is 0 Å². The Balaban J connectivity index is 3.73. The molecule has 1 atom stereocenters. The van der Waals surface area contributed by atoms with Crippen LogP contribution in [0.2, 0.25) is 0 Å². The van der Waals surface area contributed by atoms with E-state index in [0.717, 1.165) is 0 Å². The molecule has 0 rings (SSSR count). The average molecular weight is 256 g/mol. The molecule has 0 saturated heterocycles. The van der Waals surface area contributed by atoms with E-state index in [2.05, 4.69) is 0 Å². The maximum Gasteiger partial charge on any atom is 0.198 e. The normalized spacial score (nSPS) is 11.9. The predicted octanol–water partition coefficient (Wildman–Crippen LogP) is 1.00. The monoisotopic (exact) mass is 256 g/mol. The SMILES string of the molecule is CC(=O)C(=O)CCC(=O)CCC(=O)CCC(C)O. The molecule has 0 radical (unpaired) electrons. The lowest BCUT2D eigenvalue weighted by molar-refractivity contribution is -0.136. The summed E-state index contributed by atoms with van der Waals surface area (Å²) in [5, 5.41) is 8.99. The van der Waals surface area contributed by atoms with Crippen LogP contribution in [0.1, 0.15) is 52.4 Å². The molecule has 0 bridgehead atoms. The largest absolute Gasteiger partial charge is 0.393 e. The van der Waals surface area contributed by atoms with Crippen LogP contribution < -0.4 is 0 Å². The standard InChI is InChI=1S/C13H20O5/c1-9(14)3-4-11(16)5-6-12(17)7-8-13(18)10(2)15/h9,14H,3-8H2,1-2H3. The molecule has 102 valence electrons. The van der Waals surface area contributed by atoms with E-state index in [1.807, 2.05) is 0 Å². The topological polar surface area (TPSA) is 88.5 Å². The zero-order valence-corrected chi connectivity index (χ0v) is 10.9. The van der Waals surface area contributed by atoms with Crippen LogP contribution in [-0.2, 0) is 19.2 Å². The van der Waals surface area contributed by atoms with Crippen molar-refractivity contribution in [3.05, 3.63) is 0 Å². The second kappa shape index (κ2) is 8.69. The highest BCUT2D eigenvalue weighted by molar-refractivity contribution is 6.36. The Morgan fingerprint density at radius 2 is 1.33 bits per heavy atom. The van der Waals surface area contributed by atoms with E-state index in [1.165, 1.54) is 6.92 Å². The van der Waals surface area contributed by atoms with Gasteiger partial charge in [0.05, 0.1) is 6.10 Å². The highest BCUT2D eigenvalue weighted by atomic mass is 16.3. The van der Waals surface area contributed by atoms with Gasteiger partial charge in [0, 0.05) is 39.0 Å². The Hall–Kier alpha value is -1.36. The van der Waals surface area contributed by atoms with Gasteiger partial charge in [-0.05, 0) is 13.3 Å². The third kappa shape index (κ3) is 8.75. The lowest BCUT2D eigenvalue weighted by Gasteiger charge is -2.03. The Bertz CT molecular complexity index is 330. The van der Waals surface area contributed by atoms with E-state index in [0.29, 0.717) is 6.42 Å². The average Bonchev–Trinajstić information content (AvgIpc) is 2.30. The van der Waals surface area contributed by atoms with Crippen molar-refractivity contribution in [2.75, 3.05) is 0 Å². The van der Waals surface area contributed by atoms with Crippen molar-refractivity contribution in [1.29, 1.82) is 0 Å². The van der Waals surface area contributed by atoms with Crippen LogP contribution in [0.4, 0.5) is 0 Å². The van der Waals surface area contributed by atoms with Crippen molar-refractivity contribution in [2.45, 2.75) is 58.5 Å². The van der Waals surface area contributed by atoms with Gasteiger partial charge in [-0.15, -0.1) is 0 Å². The quantitative estimate of drug-likeness (QED) is 0.589. The summed E-state index contributed by atoms with van der Waals surface area (Å²) >= 11 is 0. The molecule has 18 heavy (non-hydrogen) atoms. The zero-order chi connectivity index (χ0) is 14.1. The van der Waals surface area contributed by atoms with Crippen molar-refractivity contribution in [1.82, 2.24) is 0 Å². The van der Waals surface area contributed by atoms with E-state index >= 15 is 0 Å². The van der Waals surface area contributed by atoms with E-state index in [1.54, 1.807) is 6.92 Å². The van der Waals surface area contributed by atoms with Crippen molar-refractivity contribution < 1.29 is 24.3 Å². The van der Waals surface area contributed by atoms with Gasteiger partial charge in [-0.1, -0.05) is 0 Å². The molecule has 0 aliphatic rings. The molecule has 1 N–H and O–H groups in total. The fourth-order valence-corrected chi connectivity index (χ4v) is 1.33. The maximum atomic E-state index is 11.3. The summed E-state index contributed by atoms with van der Waals surface area (Å²) in [5.74, 6) is -1.35. The van der Waals surface area contributed by atoms with E-state index in [4.69, 9.17) is 5.11 Å². The molecule has 0 spiro atoms. The molecular weight excluding hydrogens is 236 g/mol. The molecular formula is C13H20O5. The number of hydrogen-bond acceptors (Lipinski definition) is 5.